The average molecular weight is 538 g/mol. The van der Waals surface area contributed by atoms with Gasteiger partial charge in [0.2, 0.25) is 0 Å². The van der Waals surface area contributed by atoms with Crippen LogP contribution in [0, 0.1) is 17.8 Å². The number of rotatable bonds is 14. The predicted octanol–water partition coefficient (Wildman–Crippen LogP) is 4.59. The Labute approximate surface area is 225 Å². The fourth-order valence-corrected chi connectivity index (χ4v) is 2.81. The molecule has 0 aliphatic rings. The molecular weight excluding hydrogens is 494 g/mol. The number of hydrogen-bond donors (Lipinski definition) is 1. The topological polar surface area (TPSA) is 140 Å². The molecule has 0 aliphatic heterocycles. The van der Waals surface area contributed by atoms with Crippen molar-refractivity contribution in [1.82, 2.24) is 0 Å². The van der Waals surface area contributed by atoms with Gasteiger partial charge in [-0.25, -0.2) is 4.79 Å². The molecule has 10 nitrogen and oxygen atoms in total. The molecule has 0 bridgehead atoms. The summed E-state index contributed by atoms with van der Waals surface area (Å²) < 4.78 is 26.5. The van der Waals surface area contributed by atoms with E-state index in [4.69, 9.17) is 29.4 Å². The molecule has 0 spiro atoms. The standard InChI is InChI=1S/C28H43NO9/c1-9-17(5)25(30)37-23-12-11-21(14-24(23)38-26(31)18(6)10-2)13-22(29)27(32)35-19(7)20(8)36-28(33)34-15-16(3)4/h11-12,14,16-20,22H,9-10,13,15,29H2,1-8H3/t17?,18?,19-,20-,22-/m0/s1. The first-order chi connectivity index (χ1) is 17.8. The minimum Gasteiger partial charge on any atom is -0.458 e. The first-order valence-electron chi connectivity index (χ1n) is 13.1. The van der Waals surface area contributed by atoms with Crippen LogP contribution in [-0.4, -0.2) is 48.9 Å². The smallest absolute Gasteiger partial charge is 0.458 e. The normalized spacial score (nSPS) is 15.0. The highest BCUT2D eigenvalue weighted by Gasteiger charge is 2.26. The van der Waals surface area contributed by atoms with Crippen LogP contribution < -0.4 is 15.2 Å². The van der Waals surface area contributed by atoms with Gasteiger partial charge in [0.1, 0.15) is 18.2 Å². The summed E-state index contributed by atoms with van der Waals surface area (Å²) in [7, 11) is 0. The van der Waals surface area contributed by atoms with Gasteiger partial charge in [-0.2, -0.15) is 0 Å². The van der Waals surface area contributed by atoms with E-state index in [1.54, 1.807) is 33.8 Å². The maximum Gasteiger partial charge on any atom is 0.508 e. The van der Waals surface area contributed by atoms with Crippen molar-refractivity contribution < 1.29 is 42.9 Å². The SMILES string of the molecule is CCC(C)C(=O)Oc1ccc(C[C@H](N)C(=O)O[C@@H](C)[C@H](C)OC(=O)OCC(C)C)cc1OC(=O)C(C)CC. The van der Waals surface area contributed by atoms with Crippen LogP contribution in [-0.2, 0) is 35.0 Å². The van der Waals surface area contributed by atoms with Crippen LogP contribution in [0.2, 0.25) is 0 Å². The zero-order valence-corrected chi connectivity index (χ0v) is 23.8. The van der Waals surface area contributed by atoms with Crippen molar-refractivity contribution in [2.24, 2.45) is 23.5 Å². The highest BCUT2D eigenvalue weighted by atomic mass is 16.7. The van der Waals surface area contributed by atoms with Gasteiger partial charge >= 0.3 is 24.1 Å². The molecule has 10 heteroatoms. The molecule has 0 radical (unpaired) electrons. The molecule has 214 valence electrons. The average Bonchev–Trinajstić information content (AvgIpc) is 2.87. The maximum atomic E-state index is 12.6. The van der Waals surface area contributed by atoms with Crippen LogP contribution in [0.15, 0.2) is 18.2 Å². The molecule has 1 aromatic rings. The number of hydrogen-bond acceptors (Lipinski definition) is 10. The number of ether oxygens (including phenoxy) is 5. The molecular formula is C28H43NO9. The van der Waals surface area contributed by atoms with Gasteiger partial charge in [0.15, 0.2) is 11.5 Å². The highest BCUT2D eigenvalue weighted by molar-refractivity contribution is 5.79. The van der Waals surface area contributed by atoms with Crippen molar-refractivity contribution >= 4 is 24.1 Å². The quantitative estimate of drug-likeness (QED) is 0.265. The van der Waals surface area contributed by atoms with Crippen LogP contribution >= 0.6 is 0 Å². The molecule has 0 amide bonds. The van der Waals surface area contributed by atoms with E-state index in [9.17, 15) is 19.2 Å². The van der Waals surface area contributed by atoms with Gasteiger partial charge in [-0.05, 0) is 56.7 Å². The third-order valence-corrected chi connectivity index (χ3v) is 6.00. The Morgan fingerprint density at radius 2 is 1.29 bits per heavy atom. The largest absolute Gasteiger partial charge is 0.508 e. The molecule has 1 aromatic carbocycles. The van der Waals surface area contributed by atoms with Crippen LogP contribution in [0.4, 0.5) is 4.79 Å². The molecule has 2 N–H and O–H groups in total. The van der Waals surface area contributed by atoms with Crippen LogP contribution in [0.3, 0.4) is 0 Å². The monoisotopic (exact) mass is 537 g/mol. The van der Waals surface area contributed by atoms with E-state index in [-0.39, 0.29) is 42.3 Å². The van der Waals surface area contributed by atoms with Crippen LogP contribution in [0.25, 0.3) is 0 Å². The third-order valence-electron chi connectivity index (χ3n) is 6.00. The fraction of sp³-hybridized carbons (Fsp3) is 0.643. The molecule has 38 heavy (non-hydrogen) atoms. The highest BCUT2D eigenvalue weighted by Crippen LogP contribution is 2.31. The van der Waals surface area contributed by atoms with E-state index in [2.05, 4.69) is 0 Å². The van der Waals surface area contributed by atoms with E-state index in [0.717, 1.165) is 0 Å². The van der Waals surface area contributed by atoms with E-state index in [1.807, 2.05) is 27.7 Å². The molecule has 0 heterocycles. The zero-order chi connectivity index (χ0) is 29.0. The molecule has 0 aliphatic carbocycles. The number of carbonyl (C=O) groups excluding carboxylic acids is 4. The van der Waals surface area contributed by atoms with Crippen LogP contribution in [0.1, 0.15) is 73.8 Å². The van der Waals surface area contributed by atoms with Gasteiger partial charge in [-0.1, -0.05) is 47.6 Å². The summed E-state index contributed by atoms with van der Waals surface area (Å²) >= 11 is 0. The second-order valence-corrected chi connectivity index (χ2v) is 9.97. The summed E-state index contributed by atoms with van der Waals surface area (Å²) in [5, 5.41) is 0. The number of benzene rings is 1. The summed E-state index contributed by atoms with van der Waals surface area (Å²) in [4.78, 5) is 49.1. The first kappa shape index (κ1) is 32.9. The molecule has 2 unspecified atom stereocenters. The second kappa shape index (κ2) is 16.0. The summed E-state index contributed by atoms with van der Waals surface area (Å²) in [6.45, 7) is 14.4. The molecule has 0 saturated heterocycles. The summed E-state index contributed by atoms with van der Waals surface area (Å²) in [5.74, 6) is -1.97. The summed E-state index contributed by atoms with van der Waals surface area (Å²) in [6, 6.07) is 3.61. The first-order valence-corrected chi connectivity index (χ1v) is 13.1. The summed E-state index contributed by atoms with van der Waals surface area (Å²) in [5.41, 5.74) is 6.65. The Hall–Kier alpha value is -3.14. The minimum absolute atomic E-state index is 0.0602. The fourth-order valence-electron chi connectivity index (χ4n) is 2.81. The number of carbonyl (C=O) groups is 4. The van der Waals surface area contributed by atoms with Crippen molar-refractivity contribution in [3.63, 3.8) is 0 Å². The molecule has 0 saturated carbocycles. The molecule has 1 rings (SSSR count). The second-order valence-electron chi connectivity index (χ2n) is 9.97. The van der Waals surface area contributed by atoms with Crippen molar-refractivity contribution in [3.8, 4) is 11.5 Å². The lowest BCUT2D eigenvalue weighted by Crippen LogP contribution is -2.39. The Balaban J connectivity index is 2.91. The van der Waals surface area contributed by atoms with Crippen molar-refractivity contribution in [3.05, 3.63) is 23.8 Å². The number of nitrogens with two attached hydrogens (primary N) is 1. The molecule has 5 atom stereocenters. The van der Waals surface area contributed by atoms with E-state index < -0.39 is 42.3 Å². The van der Waals surface area contributed by atoms with E-state index >= 15 is 0 Å². The Morgan fingerprint density at radius 3 is 1.82 bits per heavy atom. The third kappa shape index (κ3) is 11.1. The van der Waals surface area contributed by atoms with Gasteiger partial charge in [0, 0.05) is 0 Å². The van der Waals surface area contributed by atoms with Gasteiger partial charge in [0.05, 0.1) is 18.4 Å². The van der Waals surface area contributed by atoms with Crippen LogP contribution in [0.5, 0.6) is 11.5 Å². The number of esters is 3. The van der Waals surface area contributed by atoms with Gasteiger partial charge in [-0.15, -0.1) is 0 Å². The van der Waals surface area contributed by atoms with E-state index in [1.165, 1.54) is 12.1 Å². The van der Waals surface area contributed by atoms with Gasteiger partial charge in [0.25, 0.3) is 0 Å². The Kier molecular flexibility index (Phi) is 13.8. The lowest BCUT2D eigenvalue weighted by molar-refractivity contribution is -0.155. The zero-order valence-electron chi connectivity index (χ0n) is 23.8. The molecule has 0 fully saturated rings. The van der Waals surface area contributed by atoms with Gasteiger partial charge < -0.3 is 29.4 Å². The lowest BCUT2D eigenvalue weighted by Gasteiger charge is -2.22. The van der Waals surface area contributed by atoms with Crippen molar-refractivity contribution in [2.45, 2.75) is 92.9 Å². The minimum atomic E-state index is -1.05. The van der Waals surface area contributed by atoms with E-state index in [0.29, 0.717) is 18.4 Å². The summed E-state index contributed by atoms with van der Waals surface area (Å²) in [6.07, 6.45) is -1.13. The maximum absolute atomic E-state index is 12.6. The van der Waals surface area contributed by atoms with Gasteiger partial charge in [-0.3, -0.25) is 14.4 Å². The predicted molar refractivity (Wildman–Crippen MR) is 141 cm³/mol. The lowest BCUT2D eigenvalue weighted by atomic mass is 10.1. The molecule has 0 aromatic heterocycles. The Morgan fingerprint density at radius 1 is 0.763 bits per heavy atom. The Bertz CT molecular complexity index is 946. The van der Waals surface area contributed by atoms with Crippen molar-refractivity contribution in [2.75, 3.05) is 6.61 Å². The van der Waals surface area contributed by atoms with Crippen molar-refractivity contribution in [1.29, 1.82) is 0 Å².